The molecule has 0 spiro atoms. The number of nitrogens with zero attached hydrogens (tertiary/aromatic N) is 2. The molecule has 0 saturated carbocycles. The van der Waals surface area contributed by atoms with Crippen LogP contribution in [0.2, 0.25) is 0 Å². The lowest BCUT2D eigenvalue weighted by Crippen LogP contribution is -2.28. The van der Waals surface area contributed by atoms with Gasteiger partial charge in [-0.25, -0.2) is 4.98 Å². The van der Waals surface area contributed by atoms with Crippen LogP contribution in [-0.2, 0) is 9.59 Å². The summed E-state index contributed by atoms with van der Waals surface area (Å²) in [7, 11) is 0. The summed E-state index contributed by atoms with van der Waals surface area (Å²) in [6.45, 7) is 4.09. The summed E-state index contributed by atoms with van der Waals surface area (Å²) in [6, 6.07) is 11.1. The number of halogens is 1. The van der Waals surface area contributed by atoms with Crippen molar-refractivity contribution in [2.24, 2.45) is 5.92 Å². The second-order valence-electron chi connectivity index (χ2n) is 6.74. The van der Waals surface area contributed by atoms with Crippen molar-refractivity contribution in [3.8, 4) is 0 Å². The Hall–Kier alpha value is -2.67. The smallest absolute Gasteiger partial charge is 0.229 e. The molecule has 1 fully saturated rings. The monoisotopic (exact) mass is 427 g/mol. The van der Waals surface area contributed by atoms with E-state index in [1.54, 1.807) is 17.9 Å². The van der Waals surface area contributed by atoms with Gasteiger partial charge in [-0.05, 0) is 48.9 Å². The topological polar surface area (TPSA) is 75.4 Å². The predicted octanol–water partition coefficient (Wildman–Crippen LogP) is 4.20. The minimum atomic E-state index is -0.392. The first kappa shape index (κ1) is 17.7. The number of carbonyl (C=O) groups is 2. The summed E-state index contributed by atoms with van der Waals surface area (Å²) in [5.74, 6) is -0.0271. The van der Waals surface area contributed by atoms with Crippen molar-refractivity contribution < 1.29 is 14.0 Å². The van der Waals surface area contributed by atoms with Crippen molar-refractivity contribution in [2.45, 2.75) is 20.3 Å². The summed E-state index contributed by atoms with van der Waals surface area (Å²) in [5, 5.41) is 2.91. The van der Waals surface area contributed by atoms with Gasteiger partial charge in [0, 0.05) is 35.7 Å². The third-order valence-electron chi connectivity index (χ3n) is 4.71. The van der Waals surface area contributed by atoms with Gasteiger partial charge in [0.25, 0.3) is 0 Å². The molecule has 1 aliphatic rings. The summed E-state index contributed by atoms with van der Waals surface area (Å²) >= 11 is 3.45. The van der Waals surface area contributed by atoms with Crippen molar-refractivity contribution >= 4 is 50.2 Å². The van der Waals surface area contributed by atoms with Crippen molar-refractivity contribution in [3.63, 3.8) is 0 Å². The van der Waals surface area contributed by atoms with E-state index in [1.165, 1.54) is 0 Å². The van der Waals surface area contributed by atoms with Crippen LogP contribution in [0.1, 0.15) is 17.9 Å². The molecule has 0 unspecified atom stereocenters. The van der Waals surface area contributed by atoms with E-state index in [9.17, 15) is 9.59 Å². The number of aromatic nitrogens is 1. The van der Waals surface area contributed by atoms with Gasteiger partial charge in [-0.3, -0.25) is 9.59 Å². The maximum Gasteiger partial charge on any atom is 0.229 e. The number of anilines is 2. The third kappa shape index (κ3) is 3.47. The van der Waals surface area contributed by atoms with Gasteiger partial charge in [-0.1, -0.05) is 15.9 Å². The average molecular weight is 428 g/mol. The second-order valence-corrected chi connectivity index (χ2v) is 7.60. The maximum absolute atomic E-state index is 12.6. The Morgan fingerprint density at radius 3 is 2.85 bits per heavy atom. The first-order chi connectivity index (χ1) is 12.9. The molecule has 4 rings (SSSR count). The first-order valence-corrected chi connectivity index (χ1v) is 9.44. The molecule has 27 heavy (non-hydrogen) atoms. The molecule has 138 valence electrons. The van der Waals surface area contributed by atoms with Gasteiger partial charge < -0.3 is 14.6 Å². The van der Waals surface area contributed by atoms with Crippen molar-refractivity contribution in [1.29, 1.82) is 0 Å². The molecule has 2 aromatic carbocycles. The molecule has 6 nitrogen and oxygen atoms in total. The quantitative estimate of drug-likeness (QED) is 0.679. The van der Waals surface area contributed by atoms with Gasteiger partial charge in [-0.2, -0.15) is 0 Å². The Morgan fingerprint density at radius 1 is 1.26 bits per heavy atom. The van der Waals surface area contributed by atoms with E-state index < -0.39 is 5.92 Å². The van der Waals surface area contributed by atoms with E-state index in [4.69, 9.17) is 4.42 Å². The molecule has 0 radical (unpaired) electrons. The van der Waals surface area contributed by atoms with Gasteiger partial charge in [0.1, 0.15) is 5.52 Å². The zero-order chi connectivity index (χ0) is 19.1. The summed E-state index contributed by atoms with van der Waals surface area (Å²) in [4.78, 5) is 31.0. The Bertz CT molecular complexity index is 1060. The molecule has 3 aromatic rings. The second kappa shape index (κ2) is 6.81. The summed E-state index contributed by atoms with van der Waals surface area (Å²) in [6.07, 6.45) is 0.192. The van der Waals surface area contributed by atoms with E-state index >= 15 is 0 Å². The SMILES string of the molecule is Cc1nc2cc(N3C[C@H](C(=O)Nc4ccc(Br)c(C)c4)CC3=O)ccc2o1. The Balaban J connectivity index is 1.50. The highest BCUT2D eigenvalue weighted by Gasteiger charge is 2.35. The molecular weight excluding hydrogens is 410 g/mol. The normalized spacial score (nSPS) is 16.9. The Kier molecular flexibility index (Phi) is 4.47. The van der Waals surface area contributed by atoms with Gasteiger partial charge >= 0.3 is 0 Å². The molecule has 0 aliphatic carbocycles. The van der Waals surface area contributed by atoms with Crippen LogP contribution in [0, 0.1) is 19.8 Å². The van der Waals surface area contributed by atoms with Crippen LogP contribution in [0.3, 0.4) is 0 Å². The zero-order valence-electron chi connectivity index (χ0n) is 15.0. The Labute approximate surface area is 164 Å². The van der Waals surface area contributed by atoms with Crippen LogP contribution in [0.25, 0.3) is 11.1 Å². The van der Waals surface area contributed by atoms with E-state index in [0.717, 1.165) is 21.4 Å². The van der Waals surface area contributed by atoms with E-state index in [1.807, 2.05) is 37.3 Å². The van der Waals surface area contributed by atoms with Crippen LogP contribution >= 0.6 is 15.9 Å². The number of fused-ring (bicyclic) bond motifs is 1. The highest BCUT2D eigenvalue weighted by molar-refractivity contribution is 9.10. The van der Waals surface area contributed by atoms with Gasteiger partial charge in [0.2, 0.25) is 11.8 Å². The molecule has 0 bridgehead atoms. The van der Waals surface area contributed by atoms with Crippen molar-refractivity contribution in [1.82, 2.24) is 4.98 Å². The molecule has 2 amide bonds. The lowest BCUT2D eigenvalue weighted by Gasteiger charge is -2.16. The standard InChI is InChI=1S/C20H18BrN3O3/c1-11-7-14(3-5-16(11)21)23-20(26)13-8-19(25)24(10-13)15-4-6-18-17(9-15)22-12(2)27-18/h3-7,9,13H,8,10H2,1-2H3,(H,23,26)/t13-/m1/s1. The lowest BCUT2D eigenvalue weighted by molar-refractivity contribution is -0.122. The fourth-order valence-corrected chi connectivity index (χ4v) is 3.55. The summed E-state index contributed by atoms with van der Waals surface area (Å²) in [5.41, 5.74) is 3.88. The number of oxazole rings is 1. The first-order valence-electron chi connectivity index (χ1n) is 8.65. The highest BCUT2D eigenvalue weighted by atomic mass is 79.9. The van der Waals surface area contributed by atoms with Crippen LogP contribution in [0.15, 0.2) is 45.3 Å². The van der Waals surface area contributed by atoms with E-state index in [-0.39, 0.29) is 18.2 Å². The minimum absolute atomic E-state index is 0.0679. The van der Waals surface area contributed by atoms with E-state index in [2.05, 4.69) is 26.2 Å². The van der Waals surface area contributed by atoms with E-state index in [0.29, 0.717) is 23.5 Å². The third-order valence-corrected chi connectivity index (χ3v) is 5.60. The molecule has 7 heteroatoms. The highest BCUT2D eigenvalue weighted by Crippen LogP contribution is 2.29. The largest absolute Gasteiger partial charge is 0.441 e. The molecule has 2 heterocycles. The molecule has 1 atom stereocenters. The lowest BCUT2D eigenvalue weighted by atomic mass is 10.1. The number of hydrogen-bond donors (Lipinski definition) is 1. The average Bonchev–Trinajstić information content (AvgIpc) is 3.19. The Morgan fingerprint density at radius 2 is 2.07 bits per heavy atom. The number of aryl methyl sites for hydroxylation is 2. The molecular formula is C20H18BrN3O3. The molecule has 1 saturated heterocycles. The van der Waals surface area contributed by atoms with Crippen molar-refractivity contribution in [2.75, 3.05) is 16.8 Å². The van der Waals surface area contributed by atoms with Crippen LogP contribution in [0.4, 0.5) is 11.4 Å². The number of carbonyl (C=O) groups excluding carboxylic acids is 2. The number of hydrogen-bond acceptors (Lipinski definition) is 4. The van der Waals surface area contributed by atoms with Gasteiger partial charge in [0.05, 0.1) is 5.92 Å². The van der Waals surface area contributed by atoms with Crippen LogP contribution in [-0.4, -0.2) is 23.3 Å². The number of nitrogens with one attached hydrogen (secondary N) is 1. The predicted molar refractivity (Wildman–Crippen MR) is 107 cm³/mol. The van der Waals surface area contributed by atoms with Gasteiger partial charge in [-0.15, -0.1) is 0 Å². The molecule has 1 N–H and O–H groups in total. The van der Waals surface area contributed by atoms with Crippen LogP contribution in [0.5, 0.6) is 0 Å². The number of amides is 2. The fraction of sp³-hybridized carbons (Fsp3) is 0.250. The summed E-state index contributed by atoms with van der Waals surface area (Å²) < 4.78 is 6.46. The fourth-order valence-electron chi connectivity index (χ4n) is 3.30. The number of benzene rings is 2. The van der Waals surface area contributed by atoms with Crippen molar-refractivity contribution in [3.05, 3.63) is 52.3 Å². The van der Waals surface area contributed by atoms with Crippen LogP contribution < -0.4 is 10.2 Å². The minimum Gasteiger partial charge on any atom is -0.441 e. The number of rotatable bonds is 3. The molecule has 1 aromatic heterocycles. The maximum atomic E-state index is 12.6. The molecule has 1 aliphatic heterocycles. The van der Waals surface area contributed by atoms with Gasteiger partial charge in [0.15, 0.2) is 11.5 Å². The zero-order valence-corrected chi connectivity index (χ0v) is 16.5.